The predicted molar refractivity (Wildman–Crippen MR) is 62.8 cm³/mol. The molecule has 1 aliphatic carbocycles. The Balaban J connectivity index is 2.08. The molecule has 0 unspecified atom stereocenters. The maximum Gasteiger partial charge on any atom is 0.425 e. The van der Waals surface area contributed by atoms with E-state index in [1.54, 1.807) is 0 Å². The van der Waals surface area contributed by atoms with E-state index in [4.69, 9.17) is 5.73 Å². The lowest BCUT2D eigenvalue weighted by Gasteiger charge is -2.26. The van der Waals surface area contributed by atoms with Crippen LogP contribution in [-0.2, 0) is 6.18 Å². The summed E-state index contributed by atoms with van der Waals surface area (Å²) in [5.41, 5.74) is 6.07. The maximum absolute atomic E-state index is 12.5. The zero-order chi connectivity index (χ0) is 12.5. The van der Waals surface area contributed by atoms with Gasteiger partial charge < -0.3 is 5.73 Å². The summed E-state index contributed by atoms with van der Waals surface area (Å²) in [5, 5.41) is 0. The minimum absolute atomic E-state index is 0.226. The SMILES string of the molecule is N[C@@H](c1ccc(C(F)(F)F)s1)C1CCCCC1. The van der Waals surface area contributed by atoms with E-state index in [9.17, 15) is 13.2 Å². The van der Waals surface area contributed by atoms with Crippen molar-refractivity contribution in [2.45, 2.75) is 44.3 Å². The molecule has 0 aliphatic heterocycles. The molecule has 0 bridgehead atoms. The molecule has 0 amide bonds. The van der Waals surface area contributed by atoms with Crippen molar-refractivity contribution in [3.8, 4) is 0 Å². The second kappa shape index (κ2) is 4.98. The summed E-state index contributed by atoms with van der Waals surface area (Å²) >= 11 is 0.792. The summed E-state index contributed by atoms with van der Waals surface area (Å²) in [6, 6.07) is 2.45. The van der Waals surface area contributed by atoms with Crippen molar-refractivity contribution in [3.05, 3.63) is 21.9 Å². The molecule has 1 fully saturated rings. The van der Waals surface area contributed by atoms with Crippen molar-refractivity contribution < 1.29 is 13.2 Å². The van der Waals surface area contributed by atoms with Gasteiger partial charge in [-0.1, -0.05) is 19.3 Å². The van der Waals surface area contributed by atoms with E-state index in [-0.39, 0.29) is 6.04 Å². The van der Waals surface area contributed by atoms with Crippen molar-refractivity contribution in [2.75, 3.05) is 0 Å². The Morgan fingerprint density at radius 3 is 2.35 bits per heavy atom. The van der Waals surface area contributed by atoms with E-state index in [2.05, 4.69) is 0 Å². The van der Waals surface area contributed by atoms with Gasteiger partial charge in [-0.25, -0.2) is 0 Å². The molecule has 1 heterocycles. The Morgan fingerprint density at radius 2 is 1.82 bits per heavy atom. The van der Waals surface area contributed by atoms with Gasteiger partial charge in [0.05, 0.1) is 0 Å². The molecule has 1 atom stereocenters. The quantitative estimate of drug-likeness (QED) is 0.843. The van der Waals surface area contributed by atoms with Crippen LogP contribution in [0.2, 0.25) is 0 Å². The smallest absolute Gasteiger partial charge is 0.323 e. The molecule has 2 rings (SSSR count). The maximum atomic E-state index is 12.5. The third-order valence-corrected chi connectivity index (χ3v) is 4.62. The van der Waals surface area contributed by atoms with Crippen LogP contribution in [0.25, 0.3) is 0 Å². The van der Waals surface area contributed by atoms with Crippen molar-refractivity contribution in [2.24, 2.45) is 11.7 Å². The third-order valence-electron chi connectivity index (χ3n) is 3.39. The van der Waals surface area contributed by atoms with Crippen molar-refractivity contribution in [1.29, 1.82) is 0 Å². The van der Waals surface area contributed by atoms with Crippen molar-refractivity contribution >= 4 is 11.3 Å². The normalized spacial score (nSPS) is 20.5. The standard InChI is InChI=1S/C12H16F3NS/c13-12(14,15)10-7-6-9(17-10)11(16)8-4-2-1-3-5-8/h6-8,11H,1-5,16H2/t11-/m1/s1. The van der Waals surface area contributed by atoms with Gasteiger partial charge in [-0.15, -0.1) is 11.3 Å². The average Bonchev–Trinajstić information content (AvgIpc) is 2.78. The Hall–Kier alpha value is -0.550. The summed E-state index contributed by atoms with van der Waals surface area (Å²) in [4.78, 5) is 0.128. The second-order valence-corrected chi connectivity index (χ2v) is 5.74. The van der Waals surface area contributed by atoms with Gasteiger partial charge in [-0.2, -0.15) is 13.2 Å². The Labute approximate surface area is 103 Å². The lowest BCUT2D eigenvalue weighted by atomic mass is 9.84. The highest BCUT2D eigenvalue weighted by molar-refractivity contribution is 7.12. The van der Waals surface area contributed by atoms with E-state index in [0.29, 0.717) is 10.8 Å². The highest BCUT2D eigenvalue weighted by atomic mass is 32.1. The van der Waals surface area contributed by atoms with Crippen molar-refractivity contribution in [3.63, 3.8) is 0 Å². The molecule has 1 aromatic heterocycles. The van der Waals surface area contributed by atoms with Gasteiger partial charge in [0.15, 0.2) is 0 Å². The van der Waals surface area contributed by atoms with Gasteiger partial charge >= 0.3 is 6.18 Å². The number of halogens is 3. The van der Waals surface area contributed by atoms with Crippen LogP contribution >= 0.6 is 11.3 Å². The van der Waals surface area contributed by atoms with Gasteiger partial charge in [-0.3, -0.25) is 0 Å². The minimum Gasteiger partial charge on any atom is -0.323 e. The van der Waals surface area contributed by atoms with Gasteiger partial charge in [0, 0.05) is 10.9 Å². The molecule has 1 nitrogen and oxygen atoms in total. The molecular formula is C12H16F3NS. The number of nitrogens with two attached hydrogens (primary N) is 1. The predicted octanol–water partition coefficient (Wildman–Crippen LogP) is 4.35. The Bertz CT molecular complexity index is 366. The molecular weight excluding hydrogens is 247 g/mol. The first-order valence-corrected chi connectivity index (χ1v) is 6.72. The molecule has 1 aliphatic rings. The van der Waals surface area contributed by atoms with Gasteiger partial charge in [0.25, 0.3) is 0 Å². The summed E-state index contributed by atoms with van der Waals surface area (Å²) in [7, 11) is 0. The monoisotopic (exact) mass is 263 g/mol. The minimum atomic E-state index is -4.24. The number of hydrogen-bond acceptors (Lipinski definition) is 2. The fourth-order valence-corrected chi connectivity index (χ4v) is 3.38. The zero-order valence-electron chi connectivity index (χ0n) is 9.46. The molecule has 0 aromatic carbocycles. The third kappa shape index (κ3) is 3.01. The van der Waals surface area contributed by atoms with E-state index >= 15 is 0 Å². The van der Waals surface area contributed by atoms with Crippen LogP contribution in [0.5, 0.6) is 0 Å². The van der Waals surface area contributed by atoms with Crippen LogP contribution in [0.15, 0.2) is 12.1 Å². The lowest BCUT2D eigenvalue weighted by Crippen LogP contribution is -2.22. The van der Waals surface area contributed by atoms with Crippen LogP contribution in [0.1, 0.15) is 47.9 Å². The lowest BCUT2D eigenvalue weighted by molar-refractivity contribution is -0.134. The fraction of sp³-hybridized carbons (Fsp3) is 0.667. The first kappa shape index (κ1) is 12.9. The summed E-state index contributed by atoms with van der Waals surface area (Å²) in [6.07, 6.45) is 1.36. The van der Waals surface area contributed by atoms with Crippen molar-refractivity contribution in [1.82, 2.24) is 0 Å². The highest BCUT2D eigenvalue weighted by Gasteiger charge is 2.33. The van der Waals surface area contributed by atoms with E-state index < -0.39 is 11.1 Å². The molecule has 2 N–H and O–H groups in total. The van der Waals surface area contributed by atoms with Gasteiger partial charge in [0.1, 0.15) is 4.88 Å². The number of hydrogen-bond donors (Lipinski definition) is 1. The van der Waals surface area contributed by atoms with Crippen LogP contribution in [0.4, 0.5) is 13.2 Å². The first-order valence-electron chi connectivity index (χ1n) is 5.91. The van der Waals surface area contributed by atoms with Crippen LogP contribution in [0, 0.1) is 5.92 Å². The zero-order valence-corrected chi connectivity index (χ0v) is 10.3. The van der Waals surface area contributed by atoms with Gasteiger partial charge in [-0.05, 0) is 30.9 Å². The number of rotatable bonds is 2. The van der Waals surface area contributed by atoms with E-state index in [0.717, 1.165) is 43.1 Å². The van der Waals surface area contributed by atoms with E-state index in [1.807, 2.05) is 0 Å². The molecule has 1 saturated carbocycles. The highest BCUT2D eigenvalue weighted by Crippen LogP contribution is 2.40. The summed E-state index contributed by atoms with van der Waals surface area (Å²) in [6.45, 7) is 0. The van der Waals surface area contributed by atoms with Crippen LogP contribution in [-0.4, -0.2) is 0 Å². The Morgan fingerprint density at radius 1 is 1.18 bits per heavy atom. The number of alkyl halides is 3. The molecule has 5 heteroatoms. The fourth-order valence-electron chi connectivity index (χ4n) is 2.41. The van der Waals surface area contributed by atoms with Crippen LogP contribution < -0.4 is 5.73 Å². The number of thiophene rings is 1. The topological polar surface area (TPSA) is 26.0 Å². The average molecular weight is 263 g/mol. The summed E-state index contributed by atoms with van der Waals surface area (Å²) < 4.78 is 37.4. The Kier molecular flexibility index (Phi) is 3.78. The molecule has 0 saturated heterocycles. The molecule has 96 valence electrons. The van der Waals surface area contributed by atoms with Crippen LogP contribution in [0.3, 0.4) is 0 Å². The first-order chi connectivity index (χ1) is 7.98. The molecule has 0 spiro atoms. The molecule has 17 heavy (non-hydrogen) atoms. The second-order valence-electron chi connectivity index (χ2n) is 4.62. The molecule has 0 radical (unpaired) electrons. The largest absolute Gasteiger partial charge is 0.425 e. The van der Waals surface area contributed by atoms with E-state index in [1.165, 1.54) is 12.5 Å². The summed E-state index contributed by atoms with van der Waals surface area (Å²) in [5.74, 6) is 0.350. The van der Waals surface area contributed by atoms with Gasteiger partial charge in [0.2, 0.25) is 0 Å². The molecule has 1 aromatic rings.